The minimum absolute atomic E-state index is 0.0440. The van der Waals surface area contributed by atoms with E-state index in [1.54, 1.807) is 17.4 Å². The molecule has 5 nitrogen and oxygen atoms in total. The molecule has 6 rings (SSSR count). The normalized spacial score (nSPS) is 29.1. The third-order valence-electron chi connectivity index (χ3n) is 7.71. The Balaban J connectivity index is 1.47. The van der Waals surface area contributed by atoms with Crippen LogP contribution < -0.4 is 20.1 Å². The van der Waals surface area contributed by atoms with Crippen LogP contribution in [0, 0.1) is 30.1 Å². The van der Waals surface area contributed by atoms with E-state index >= 15 is 0 Å². The van der Waals surface area contributed by atoms with Gasteiger partial charge in [-0.2, -0.15) is 0 Å². The standard InChI is InChI=1S/C27H34N2O3S2/c1-16-5-6-20(33-16)10-21-25(32)29(24(34-21)11-22(30)26(2,3)4)15-23(31)28-27-12-17-7-18(13-27)9-19(8-17)14-27/h5-6,10-11,17-19H,7-9,12-15H2,1-4H3,(H,28,31)/b21-10-,24-11-. The van der Waals surface area contributed by atoms with Crippen molar-refractivity contribution in [2.24, 2.45) is 23.2 Å². The Morgan fingerprint density at radius 2 is 1.71 bits per heavy atom. The summed E-state index contributed by atoms with van der Waals surface area (Å²) in [7, 11) is 0. The van der Waals surface area contributed by atoms with Crippen LogP contribution in [0.5, 0.6) is 0 Å². The highest BCUT2D eigenvalue weighted by molar-refractivity contribution is 7.13. The van der Waals surface area contributed by atoms with Gasteiger partial charge in [0, 0.05) is 26.8 Å². The Bertz CT molecular complexity index is 1270. The number of Topliss-reactive ketones (excluding diaryl/α,β-unsaturated/α-hetero) is 1. The van der Waals surface area contributed by atoms with Gasteiger partial charge in [-0.25, -0.2) is 0 Å². The Labute approximate surface area is 208 Å². The van der Waals surface area contributed by atoms with Crippen LogP contribution in [0.15, 0.2) is 16.9 Å². The Morgan fingerprint density at radius 3 is 2.24 bits per heavy atom. The van der Waals surface area contributed by atoms with Crippen molar-refractivity contribution in [1.29, 1.82) is 0 Å². The summed E-state index contributed by atoms with van der Waals surface area (Å²) in [5.74, 6) is 2.04. The zero-order valence-electron chi connectivity index (χ0n) is 20.5. The number of nitrogens with one attached hydrogen (secondary N) is 1. The highest BCUT2D eigenvalue weighted by atomic mass is 32.1. The number of aryl methyl sites for hydroxylation is 1. The van der Waals surface area contributed by atoms with Gasteiger partial charge >= 0.3 is 0 Å². The van der Waals surface area contributed by atoms with Gasteiger partial charge in [-0.15, -0.1) is 22.7 Å². The molecule has 4 aliphatic rings. The number of thiophene rings is 1. The molecule has 1 N–H and O–H groups in total. The first kappa shape index (κ1) is 23.7. The van der Waals surface area contributed by atoms with Crippen LogP contribution in [-0.2, 0) is 16.1 Å². The van der Waals surface area contributed by atoms with Crippen molar-refractivity contribution in [2.45, 2.75) is 78.3 Å². The molecule has 0 spiro atoms. The average Bonchev–Trinajstić information content (AvgIpc) is 3.24. The van der Waals surface area contributed by atoms with Gasteiger partial charge in [-0.05, 0) is 81.4 Å². The van der Waals surface area contributed by atoms with E-state index in [0.29, 0.717) is 9.20 Å². The molecule has 2 heterocycles. The number of hydrogen-bond donors (Lipinski definition) is 1. The van der Waals surface area contributed by atoms with Crippen LogP contribution >= 0.6 is 22.7 Å². The molecular weight excluding hydrogens is 464 g/mol. The first-order chi connectivity index (χ1) is 16.0. The fourth-order valence-electron chi connectivity index (χ4n) is 6.52. The zero-order valence-corrected chi connectivity index (χ0v) is 22.1. The van der Waals surface area contributed by atoms with Crippen molar-refractivity contribution < 1.29 is 9.59 Å². The van der Waals surface area contributed by atoms with E-state index in [0.717, 1.165) is 41.9 Å². The highest BCUT2D eigenvalue weighted by Gasteiger charge is 2.51. The maximum Gasteiger partial charge on any atom is 0.269 e. The number of thiazole rings is 1. The molecule has 2 aromatic rings. The van der Waals surface area contributed by atoms with Crippen LogP contribution in [0.2, 0.25) is 0 Å². The molecule has 0 saturated heterocycles. The van der Waals surface area contributed by atoms with Crippen molar-refractivity contribution in [3.8, 4) is 0 Å². The molecule has 7 heteroatoms. The second-order valence-electron chi connectivity index (χ2n) is 11.8. The molecule has 0 aliphatic heterocycles. The summed E-state index contributed by atoms with van der Waals surface area (Å²) in [6, 6.07) is 4.02. The lowest BCUT2D eigenvalue weighted by Gasteiger charge is -2.56. The molecule has 4 bridgehead atoms. The molecule has 4 fully saturated rings. The molecule has 0 aromatic carbocycles. The summed E-state index contributed by atoms with van der Waals surface area (Å²) in [6.07, 6.45) is 10.6. The monoisotopic (exact) mass is 498 g/mol. The molecule has 0 atom stereocenters. The summed E-state index contributed by atoms with van der Waals surface area (Å²) in [4.78, 5) is 41.6. The van der Waals surface area contributed by atoms with Crippen molar-refractivity contribution in [1.82, 2.24) is 9.88 Å². The topological polar surface area (TPSA) is 68.2 Å². The van der Waals surface area contributed by atoms with E-state index in [2.05, 4.69) is 5.32 Å². The Morgan fingerprint density at radius 1 is 1.09 bits per heavy atom. The van der Waals surface area contributed by atoms with Crippen LogP contribution in [0.4, 0.5) is 0 Å². The third-order valence-corrected chi connectivity index (χ3v) is 9.72. The predicted octanol–water partition coefficient (Wildman–Crippen LogP) is 3.59. The second-order valence-corrected chi connectivity index (χ2v) is 14.2. The van der Waals surface area contributed by atoms with Crippen molar-refractivity contribution in [3.63, 3.8) is 0 Å². The fourth-order valence-corrected chi connectivity index (χ4v) is 8.45. The number of rotatable bonds is 5. The summed E-state index contributed by atoms with van der Waals surface area (Å²) in [5.41, 5.74) is -0.856. The molecule has 4 saturated carbocycles. The van der Waals surface area contributed by atoms with Crippen molar-refractivity contribution >= 4 is 46.5 Å². The van der Waals surface area contributed by atoms with Crippen molar-refractivity contribution in [3.05, 3.63) is 41.4 Å². The molecule has 0 radical (unpaired) electrons. The first-order valence-electron chi connectivity index (χ1n) is 12.3. The van der Waals surface area contributed by atoms with Crippen molar-refractivity contribution in [2.75, 3.05) is 0 Å². The number of carbonyl (C=O) groups excluding carboxylic acids is 2. The molecule has 1 amide bonds. The van der Waals surface area contributed by atoms with E-state index in [1.807, 2.05) is 45.9 Å². The van der Waals surface area contributed by atoms with Gasteiger partial charge in [0.1, 0.15) is 11.2 Å². The van der Waals surface area contributed by atoms with E-state index < -0.39 is 5.41 Å². The predicted molar refractivity (Wildman–Crippen MR) is 138 cm³/mol. The maximum atomic E-state index is 13.4. The van der Waals surface area contributed by atoms with Crippen LogP contribution in [0.3, 0.4) is 0 Å². The highest BCUT2D eigenvalue weighted by Crippen LogP contribution is 2.55. The quantitative estimate of drug-likeness (QED) is 0.685. The lowest BCUT2D eigenvalue weighted by Crippen LogP contribution is -2.60. The number of aromatic nitrogens is 1. The number of carbonyl (C=O) groups is 2. The molecule has 182 valence electrons. The molecule has 0 unspecified atom stereocenters. The molecule has 4 aliphatic carbocycles. The number of hydrogen-bond acceptors (Lipinski definition) is 5. The SMILES string of the molecule is Cc1ccc(/C=c2\s/c(=C\C(=O)C(C)(C)C)n(CC(=O)NC34CC5CC(CC(C5)C3)C4)c2=O)s1. The van der Waals surface area contributed by atoms with Crippen LogP contribution in [0.1, 0.15) is 69.1 Å². The second kappa shape index (κ2) is 8.59. The van der Waals surface area contributed by atoms with Gasteiger partial charge in [-0.3, -0.25) is 19.0 Å². The number of ketones is 1. The molecule has 34 heavy (non-hydrogen) atoms. The van der Waals surface area contributed by atoms with Gasteiger partial charge in [0.25, 0.3) is 5.56 Å². The van der Waals surface area contributed by atoms with Gasteiger partial charge in [0.05, 0.1) is 4.53 Å². The number of nitrogens with zero attached hydrogens (tertiary/aromatic N) is 1. The van der Waals surface area contributed by atoms with E-state index in [-0.39, 0.29) is 29.3 Å². The lowest BCUT2D eigenvalue weighted by molar-refractivity contribution is -0.127. The largest absolute Gasteiger partial charge is 0.349 e. The summed E-state index contributed by atoms with van der Waals surface area (Å²) in [6.45, 7) is 7.58. The molecule has 2 aromatic heterocycles. The first-order valence-corrected chi connectivity index (χ1v) is 14.0. The van der Waals surface area contributed by atoms with Gasteiger partial charge in [0.2, 0.25) is 5.91 Å². The van der Waals surface area contributed by atoms with Gasteiger partial charge in [-0.1, -0.05) is 20.8 Å². The zero-order chi connectivity index (χ0) is 24.3. The van der Waals surface area contributed by atoms with Crippen LogP contribution in [-0.4, -0.2) is 21.8 Å². The average molecular weight is 499 g/mol. The summed E-state index contributed by atoms with van der Waals surface area (Å²) < 4.78 is 2.60. The third kappa shape index (κ3) is 4.74. The smallest absolute Gasteiger partial charge is 0.269 e. The van der Waals surface area contributed by atoms with E-state index in [4.69, 9.17) is 0 Å². The van der Waals surface area contributed by atoms with E-state index in [9.17, 15) is 14.4 Å². The van der Waals surface area contributed by atoms with E-state index in [1.165, 1.54) is 40.0 Å². The van der Waals surface area contributed by atoms with Gasteiger partial charge in [0.15, 0.2) is 5.78 Å². The number of amides is 1. The lowest BCUT2D eigenvalue weighted by atomic mass is 9.53. The Hall–Kier alpha value is -1.99. The van der Waals surface area contributed by atoms with Crippen LogP contribution in [0.25, 0.3) is 12.2 Å². The van der Waals surface area contributed by atoms with Gasteiger partial charge < -0.3 is 5.32 Å². The summed E-state index contributed by atoms with van der Waals surface area (Å²) in [5, 5.41) is 3.37. The minimum atomic E-state index is -0.554. The maximum absolute atomic E-state index is 13.4. The molecular formula is C27H34N2O3S2. The minimum Gasteiger partial charge on any atom is -0.349 e. The fraction of sp³-hybridized carbons (Fsp3) is 0.593. The summed E-state index contributed by atoms with van der Waals surface area (Å²) >= 11 is 2.91. The Kier molecular flexibility index (Phi) is 6.00.